The summed E-state index contributed by atoms with van der Waals surface area (Å²) in [6.45, 7) is 5.52. The molecule has 116 valence electrons. The molecule has 2 heterocycles. The van der Waals surface area contributed by atoms with Crippen molar-refractivity contribution in [2.45, 2.75) is 13.3 Å². The van der Waals surface area contributed by atoms with E-state index in [1.165, 1.54) is 0 Å². The number of aromatic amines is 1. The van der Waals surface area contributed by atoms with Crippen LogP contribution in [0.15, 0.2) is 0 Å². The number of aromatic nitrogens is 3. The van der Waals surface area contributed by atoms with E-state index < -0.39 is 0 Å². The number of rotatable bonds is 5. The molecular formula is C12H21N7O2. The van der Waals surface area contributed by atoms with Gasteiger partial charge in [0.2, 0.25) is 17.7 Å². The maximum atomic E-state index is 12.1. The first-order valence-corrected chi connectivity index (χ1v) is 7.06. The molecule has 0 aromatic carbocycles. The molecule has 9 nitrogen and oxygen atoms in total. The van der Waals surface area contributed by atoms with E-state index in [2.05, 4.69) is 20.5 Å². The standard InChI is InChI=1S/C12H21N7O2/c1-2-3-14-9(20)8-18-4-6-19(7-5-18)11(21)10-15-12(13)17-16-10/h2-8H2,1H3,(H,14,20)(H3,13,15,16,17). The third kappa shape index (κ3) is 4.15. The van der Waals surface area contributed by atoms with Crippen molar-refractivity contribution in [2.75, 3.05) is 45.0 Å². The zero-order chi connectivity index (χ0) is 15.2. The number of H-pyrrole nitrogens is 1. The average molecular weight is 295 g/mol. The Morgan fingerprint density at radius 1 is 1.33 bits per heavy atom. The first-order chi connectivity index (χ1) is 10.1. The molecular weight excluding hydrogens is 274 g/mol. The molecule has 1 aliphatic heterocycles. The molecule has 1 fully saturated rings. The second-order valence-corrected chi connectivity index (χ2v) is 4.96. The molecule has 9 heteroatoms. The lowest BCUT2D eigenvalue weighted by molar-refractivity contribution is -0.122. The predicted molar refractivity (Wildman–Crippen MR) is 76.4 cm³/mol. The lowest BCUT2D eigenvalue weighted by Crippen LogP contribution is -2.51. The highest BCUT2D eigenvalue weighted by molar-refractivity contribution is 5.90. The van der Waals surface area contributed by atoms with E-state index >= 15 is 0 Å². The molecule has 1 saturated heterocycles. The normalized spacial score (nSPS) is 16.0. The zero-order valence-electron chi connectivity index (χ0n) is 12.1. The van der Waals surface area contributed by atoms with Gasteiger partial charge >= 0.3 is 0 Å². The molecule has 0 spiro atoms. The van der Waals surface area contributed by atoms with Crippen molar-refractivity contribution < 1.29 is 9.59 Å². The summed E-state index contributed by atoms with van der Waals surface area (Å²) in [5.74, 6) is 0.0279. The molecule has 0 unspecified atom stereocenters. The minimum atomic E-state index is -0.214. The molecule has 0 atom stereocenters. The van der Waals surface area contributed by atoms with Crippen LogP contribution in [0.2, 0.25) is 0 Å². The number of anilines is 1. The number of carbonyl (C=O) groups excluding carboxylic acids is 2. The Balaban J connectivity index is 1.78. The van der Waals surface area contributed by atoms with Gasteiger partial charge in [0.05, 0.1) is 6.54 Å². The number of nitrogens with one attached hydrogen (secondary N) is 2. The number of carbonyl (C=O) groups is 2. The van der Waals surface area contributed by atoms with Crippen LogP contribution >= 0.6 is 0 Å². The molecule has 0 bridgehead atoms. The van der Waals surface area contributed by atoms with Gasteiger partial charge in [-0.25, -0.2) is 0 Å². The number of hydrogen-bond acceptors (Lipinski definition) is 6. The summed E-state index contributed by atoms with van der Waals surface area (Å²) in [7, 11) is 0. The van der Waals surface area contributed by atoms with Crippen LogP contribution in [0.1, 0.15) is 24.0 Å². The summed E-state index contributed by atoms with van der Waals surface area (Å²) in [5, 5.41) is 9.00. The number of hydrogen-bond donors (Lipinski definition) is 3. The number of nitrogens with two attached hydrogens (primary N) is 1. The highest BCUT2D eigenvalue weighted by Gasteiger charge is 2.25. The summed E-state index contributed by atoms with van der Waals surface area (Å²) >= 11 is 0. The Labute approximate surface area is 122 Å². The summed E-state index contributed by atoms with van der Waals surface area (Å²) < 4.78 is 0. The highest BCUT2D eigenvalue weighted by Crippen LogP contribution is 2.06. The van der Waals surface area contributed by atoms with Crippen LogP contribution in [0.4, 0.5) is 5.95 Å². The van der Waals surface area contributed by atoms with Crippen molar-refractivity contribution in [3.8, 4) is 0 Å². The smallest absolute Gasteiger partial charge is 0.291 e. The van der Waals surface area contributed by atoms with Crippen molar-refractivity contribution in [1.29, 1.82) is 0 Å². The molecule has 0 saturated carbocycles. The molecule has 1 aromatic heterocycles. The number of nitrogens with zero attached hydrogens (tertiary/aromatic N) is 4. The highest BCUT2D eigenvalue weighted by atomic mass is 16.2. The van der Waals surface area contributed by atoms with Gasteiger partial charge in [0.15, 0.2) is 0 Å². The Bertz CT molecular complexity index is 494. The minimum absolute atomic E-state index is 0.0274. The summed E-state index contributed by atoms with van der Waals surface area (Å²) in [6, 6.07) is 0. The fraction of sp³-hybridized carbons (Fsp3) is 0.667. The molecule has 1 aliphatic rings. The third-order valence-corrected chi connectivity index (χ3v) is 3.30. The molecule has 2 amide bonds. The van der Waals surface area contributed by atoms with Gasteiger partial charge in [-0.15, -0.1) is 5.10 Å². The molecule has 21 heavy (non-hydrogen) atoms. The van der Waals surface area contributed by atoms with E-state index in [-0.39, 0.29) is 23.6 Å². The lowest BCUT2D eigenvalue weighted by Gasteiger charge is -2.33. The van der Waals surface area contributed by atoms with Gasteiger partial charge < -0.3 is 16.0 Å². The van der Waals surface area contributed by atoms with Gasteiger partial charge in [-0.05, 0) is 6.42 Å². The maximum absolute atomic E-state index is 12.1. The van der Waals surface area contributed by atoms with Crippen LogP contribution in [0, 0.1) is 0 Å². The fourth-order valence-electron chi connectivity index (χ4n) is 2.15. The zero-order valence-corrected chi connectivity index (χ0v) is 12.1. The third-order valence-electron chi connectivity index (χ3n) is 3.30. The van der Waals surface area contributed by atoms with Gasteiger partial charge in [0.25, 0.3) is 5.91 Å². The molecule has 2 rings (SSSR count). The van der Waals surface area contributed by atoms with Crippen molar-refractivity contribution in [2.24, 2.45) is 0 Å². The van der Waals surface area contributed by atoms with E-state index in [1.54, 1.807) is 4.90 Å². The van der Waals surface area contributed by atoms with E-state index in [0.29, 0.717) is 39.3 Å². The van der Waals surface area contributed by atoms with Crippen LogP contribution in [-0.4, -0.2) is 76.1 Å². The maximum Gasteiger partial charge on any atom is 0.291 e. The van der Waals surface area contributed by atoms with Gasteiger partial charge in [0.1, 0.15) is 0 Å². The van der Waals surface area contributed by atoms with Gasteiger partial charge in [0, 0.05) is 32.7 Å². The largest absolute Gasteiger partial charge is 0.366 e. The summed E-state index contributed by atoms with van der Waals surface area (Å²) in [6.07, 6.45) is 0.925. The SMILES string of the molecule is CCCNC(=O)CN1CCN(C(=O)c2nc(N)n[nH]2)CC1. The minimum Gasteiger partial charge on any atom is -0.366 e. The Kier molecular flexibility index (Phi) is 5.09. The molecule has 0 aliphatic carbocycles. The second kappa shape index (κ2) is 7.02. The van der Waals surface area contributed by atoms with Crippen molar-refractivity contribution >= 4 is 17.8 Å². The number of piperazine rings is 1. The van der Waals surface area contributed by atoms with Gasteiger partial charge in [-0.3, -0.25) is 19.6 Å². The van der Waals surface area contributed by atoms with Crippen LogP contribution in [-0.2, 0) is 4.79 Å². The molecule has 1 aromatic rings. The second-order valence-electron chi connectivity index (χ2n) is 4.96. The predicted octanol–water partition coefficient (Wildman–Crippen LogP) is -1.33. The number of nitrogen functional groups attached to an aromatic ring is 1. The first-order valence-electron chi connectivity index (χ1n) is 7.06. The Morgan fingerprint density at radius 3 is 2.62 bits per heavy atom. The van der Waals surface area contributed by atoms with Crippen LogP contribution in [0.3, 0.4) is 0 Å². The van der Waals surface area contributed by atoms with E-state index in [9.17, 15) is 9.59 Å². The molecule has 4 N–H and O–H groups in total. The van der Waals surface area contributed by atoms with Crippen molar-refractivity contribution in [1.82, 2.24) is 30.3 Å². The number of amides is 2. The lowest BCUT2D eigenvalue weighted by atomic mass is 10.3. The topological polar surface area (TPSA) is 120 Å². The van der Waals surface area contributed by atoms with E-state index in [4.69, 9.17) is 5.73 Å². The fourth-order valence-corrected chi connectivity index (χ4v) is 2.15. The van der Waals surface area contributed by atoms with Crippen LogP contribution in [0.25, 0.3) is 0 Å². The Hall–Kier alpha value is -2.16. The van der Waals surface area contributed by atoms with Crippen molar-refractivity contribution in [3.63, 3.8) is 0 Å². The average Bonchev–Trinajstić information content (AvgIpc) is 2.92. The van der Waals surface area contributed by atoms with Gasteiger partial charge in [-0.1, -0.05) is 6.92 Å². The monoisotopic (exact) mass is 295 g/mol. The molecule has 0 radical (unpaired) electrons. The van der Waals surface area contributed by atoms with E-state index in [1.807, 2.05) is 11.8 Å². The van der Waals surface area contributed by atoms with Crippen molar-refractivity contribution in [3.05, 3.63) is 5.82 Å². The van der Waals surface area contributed by atoms with E-state index in [0.717, 1.165) is 6.42 Å². The summed E-state index contributed by atoms with van der Waals surface area (Å²) in [4.78, 5) is 31.3. The van der Waals surface area contributed by atoms with Crippen LogP contribution in [0.5, 0.6) is 0 Å². The quantitative estimate of drug-likeness (QED) is 0.619. The Morgan fingerprint density at radius 2 is 2.05 bits per heavy atom. The first kappa shape index (κ1) is 15.2. The summed E-state index contributed by atoms with van der Waals surface area (Å²) in [5.41, 5.74) is 5.39. The van der Waals surface area contributed by atoms with Gasteiger partial charge in [-0.2, -0.15) is 4.98 Å². The van der Waals surface area contributed by atoms with Crippen LogP contribution < -0.4 is 11.1 Å².